The summed E-state index contributed by atoms with van der Waals surface area (Å²) >= 11 is 0. The van der Waals surface area contributed by atoms with E-state index in [-0.39, 0.29) is 5.92 Å². The first-order valence-electron chi connectivity index (χ1n) is 5.55. The van der Waals surface area contributed by atoms with Gasteiger partial charge in [-0.15, -0.1) is 0 Å². The van der Waals surface area contributed by atoms with E-state index in [1.807, 2.05) is 0 Å². The first-order chi connectivity index (χ1) is 7.97. The van der Waals surface area contributed by atoms with Gasteiger partial charge in [0, 0.05) is 0 Å². The normalized spacial score (nSPS) is 18.4. The predicted octanol–water partition coefficient (Wildman–Crippen LogP) is 3.31. The second-order valence-electron chi connectivity index (χ2n) is 4.30. The zero-order valence-corrected chi connectivity index (χ0v) is 9.15. The highest BCUT2D eigenvalue weighted by molar-refractivity contribution is 5.29. The molecule has 1 aromatic carbocycles. The zero-order chi connectivity index (χ0) is 12.5. The van der Waals surface area contributed by atoms with E-state index in [4.69, 9.17) is 0 Å². The molecule has 0 atom stereocenters. The summed E-state index contributed by atoms with van der Waals surface area (Å²) in [7, 11) is 0. The van der Waals surface area contributed by atoms with Crippen LogP contribution in [0.1, 0.15) is 29.9 Å². The van der Waals surface area contributed by atoms with Gasteiger partial charge in [0.15, 0.2) is 0 Å². The molecule has 94 valence electrons. The van der Waals surface area contributed by atoms with Gasteiger partial charge in [0.1, 0.15) is 5.82 Å². The van der Waals surface area contributed by atoms with Crippen molar-refractivity contribution < 1.29 is 17.6 Å². The predicted molar refractivity (Wildman–Crippen MR) is 56.2 cm³/mol. The van der Waals surface area contributed by atoms with E-state index >= 15 is 0 Å². The van der Waals surface area contributed by atoms with E-state index in [1.165, 1.54) is 6.07 Å². The minimum atomic E-state index is -4.48. The van der Waals surface area contributed by atoms with Crippen LogP contribution in [0, 0.1) is 5.82 Å². The van der Waals surface area contributed by atoms with Crippen LogP contribution in [0.2, 0.25) is 0 Å². The summed E-state index contributed by atoms with van der Waals surface area (Å²) in [6.07, 6.45) is -2.98. The molecule has 0 aliphatic carbocycles. The van der Waals surface area contributed by atoms with Crippen LogP contribution in [0.25, 0.3) is 0 Å². The van der Waals surface area contributed by atoms with Crippen LogP contribution in [-0.2, 0) is 6.18 Å². The lowest BCUT2D eigenvalue weighted by atomic mass is 9.89. The number of hydrogen-bond donors (Lipinski definition) is 1. The quantitative estimate of drug-likeness (QED) is 0.751. The maximum atomic E-state index is 13.2. The third-order valence-corrected chi connectivity index (χ3v) is 3.06. The van der Waals surface area contributed by atoms with Crippen LogP contribution in [-0.4, -0.2) is 13.1 Å². The SMILES string of the molecule is Fc1cc(C2CCNCC2)cc(C(F)(F)F)c1. The average Bonchev–Trinajstić information content (AvgIpc) is 2.28. The van der Waals surface area contributed by atoms with Gasteiger partial charge in [-0.1, -0.05) is 0 Å². The molecule has 1 saturated heterocycles. The summed E-state index contributed by atoms with van der Waals surface area (Å²) in [4.78, 5) is 0. The molecule has 1 N–H and O–H groups in total. The molecule has 17 heavy (non-hydrogen) atoms. The van der Waals surface area contributed by atoms with Crippen LogP contribution in [0.5, 0.6) is 0 Å². The molecule has 0 bridgehead atoms. The second-order valence-corrected chi connectivity index (χ2v) is 4.30. The molecule has 0 radical (unpaired) electrons. The van der Waals surface area contributed by atoms with Crippen molar-refractivity contribution in [2.45, 2.75) is 24.9 Å². The minimum Gasteiger partial charge on any atom is -0.317 e. The Kier molecular flexibility index (Phi) is 3.38. The summed E-state index contributed by atoms with van der Waals surface area (Å²) in [5.74, 6) is -0.790. The van der Waals surface area contributed by atoms with Gasteiger partial charge in [-0.3, -0.25) is 0 Å². The van der Waals surface area contributed by atoms with E-state index in [1.54, 1.807) is 0 Å². The van der Waals surface area contributed by atoms with Crippen molar-refractivity contribution in [2.24, 2.45) is 0 Å². The number of nitrogens with one attached hydrogen (secondary N) is 1. The molecule has 0 spiro atoms. The largest absolute Gasteiger partial charge is 0.416 e. The molecule has 0 unspecified atom stereocenters. The van der Waals surface area contributed by atoms with E-state index in [0.717, 1.165) is 32.0 Å². The fourth-order valence-corrected chi connectivity index (χ4v) is 2.17. The smallest absolute Gasteiger partial charge is 0.317 e. The van der Waals surface area contributed by atoms with Crippen molar-refractivity contribution in [2.75, 3.05) is 13.1 Å². The molecule has 0 aromatic heterocycles. The van der Waals surface area contributed by atoms with Crippen LogP contribution in [0.15, 0.2) is 18.2 Å². The molecule has 2 rings (SSSR count). The zero-order valence-electron chi connectivity index (χ0n) is 9.15. The van der Waals surface area contributed by atoms with E-state index in [2.05, 4.69) is 5.32 Å². The molecule has 1 aromatic rings. The Hall–Kier alpha value is -1.10. The molecule has 0 amide bonds. The molecule has 1 aliphatic rings. The standard InChI is InChI=1S/C12H13F4N/c13-11-6-9(8-1-3-17-4-2-8)5-10(7-11)12(14,15)16/h5-8,17H,1-4H2. The van der Waals surface area contributed by atoms with Crippen molar-refractivity contribution >= 4 is 0 Å². The highest BCUT2D eigenvalue weighted by atomic mass is 19.4. The summed E-state index contributed by atoms with van der Waals surface area (Å²) in [5.41, 5.74) is -0.440. The van der Waals surface area contributed by atoms with Gasteiger partial charge < -0.3 is 5.32 Å². The van der Waals surface area contributed by atoms with Gasteiger partial charge in [-0.25, -0.2) is 4.39 Å². The molecular formula is C12H13F4N. The minimum absolute atomic E-state index is 0.0213. The van der Waals surface area contributed by atoms with Gasteiger partial charge in [-0.2, -0.15) is 13.2 Å². The topological polar surface area (TPSA) is 12.0 Å². The molecule has 1 nitrogen and oxygen atoms in total. The van der Waals surface area contributed by atoms with Crippen molar-refractivity contribution in [3.63, 3.8) is 0 Å². The van der Waals surface area contributed by atoms with Crippen LogP contribution < -0.4 is 5.32 Å². The van der Waals surface area contributed by atoms with E-state index in [9.17, 15) is 17.6 Å². The lowest BCUT2D eigenvalue weighted by Gasteiger charge is -2.23. The Morgan fingerprint density at radius 1 is 1.06 bits per heavy atom. The number of rotatable bonds is 1. The molecule has 0 saturated carbocycles. The van der Waals surface area contributed by atoms with Gasteiger partial charge >= 0.3 is 6.18 Å². The lowest BCUT2D eigenvalue weighted by Crippen LogP contribution is -2.26. The van der Waals surface area contributed by atoms with Gasteiger partial charge in [-0.05, 0) is 55.6 Å². The van der Waals surface area contributed by atoms with Crippen LogP contribution in [0.4, 0.5) is 17.6 Å². The van der Waals surface area contributed by atoms with E-state index < -0.39 is 17.6 Å². The maximum Gasteiger partial charge on any atom is 0.416 e. The summed E-state index contributed by atoms with van der Waals surface area (Å²) in [6, 6.07) is 2.83. The number of halogens is 4. The van der Waals surface area contributed by atoms with Gasteiger partial charge in [0.2, 0.25) is 0 Å². The Bertz CT molecular complexity index is 394. The molecular weight excluding hydrogens is 234 g/mol. The first kappa shape index (κ1) is 12.4. The van der Waals surface area contributed by atoms with Crippen molar-refractivity contribution in [1.29, 1.82) is 0 Å². The van der Waals surface area contributed by atoms with Crippen molar-refractivity contribution in [1.82, 2.24) is 5.32 Å². The second kappa shape index (κ2) is 4.64. The van der Waals surface area contributed by atoms with Crippen molar-refractivity contribution in [3.05, 3.63) is 35.1 Å². The average molecular weight is 247 g/mol. The van der Waals surface area contributed by atoms with Gasteiger partial charge in [0.25, 0.3) is 0 Å². The molecule has 5 heteroatoms. The Balaban J connectivity index is 2.31. The summed E-state index contributed by atoms with van der Waals surface area (Å²) in [6.45, 7) is 1.53. The monoisotopic (exact) mass is 247 g/mol. The highest BCUT2D eigenvalue weighted by Gasteiger charge is 2.32. The molecule has 1 fully saturated rings. The Labute approximate surface area is 96.8 Å². The summed E-state index contributed by atoms with van der Waals surface area (Å²) < 4.78 is 50.8. The molecule has 1 aliphatic heterocycles. The summed E-state index contributed by atoms with van der Waals surface area (Å²) in [5, 5.41) is 3.13. The van der Waals surface area contributed by atoms with Gasteiger partial charge in [0.05, 0.1) is 5.56 Å². The highest BCUT2D eigenvalue weighted by Crippen LogP contribution is 2.34. The third-order valence-electron chi connectivity index (χ3n) is 3.06. The van der Waals surface area contributed by atoms with Crippen molar-refractivity contribution in [3.8, 4) is 0 Å². The van der Waals surface area contributed by atoms with Crippen LogP contribution >= 0.6 is 0 Å². The number of benzene rings is 1. The number of hydrogen-bond acceptors (Lipinski definition) is 1. The molecule has 1 heterocycles. The number of alkyl halides is 3. The lowest BCUT2D eigenvalue weighted by molar-refractivity contribution is -0.137. The van der Waals surface area contributed by atoms with E-state index in [0.29, 0.717) is 11.6 Å². The fourth-order valence-electron chi connectivity index (χ4n) is 2.17. The Morgan fingerprint density at radius 2 is 1.71 bits per heavy atom. The first-order valence-corrected chi connectivity index (χ1v) is 5.55. The third kappa shape index (κ3) is 2.97. The van der Waals surface area contributed by atoms with Crippen LogP contribution in [0.3, 0.4) is 0 Å². The fraction of sp³-hybridized carbons (Fsp3) is 0.500. The maximum absolute atomic E-state index is 13.2. The number of piperidine rings is 1. The Morgan fingerprint density at radius 3 is 2.29 bits per heavy atom.